The number of halogens is 4. The molecule has 0 aromatic carbocycles. The van der Waals surface area contributed by atoms with Crippen molar-refractivity contribution >= 4 is 65.3 Å². The van der Waals surface area contributed by atoms with Crippen LogP contribution in [0.2, 0.25) is 0 Å². The van der Waals surface area contributed by atoms with Crippen LogP contribution in [0.5, 0.6) is 0 Å². The van der Waals surface area contributed by atoms with E-state index in [0.29, 0.717) is 0 Å². The average Bonchev–Trinajstić information content (AvgIpc) is 0.722. The Bertz CT molecular complexity index is 23.0. The number of hydrogen-bond donors (Lipinski definition) is 0. The van der Waals surface area contributed by atoms with E-state index in [9.17, 15) is 0 Å². The Morgan fingerprint density at radius 2 is 0.833 bits per heavy atom. The molecule has 0 bridgehead atoms. The van der Waals surface area contributed by atoms with Crippen LogP contribution >= 0.6 is 46.4 Å². The molecular weight excluding hydrogens is 161 g/mol. The van der Waals surface area contributed by atoms with Crippen LogP contribution in [0.25, 0.3) is 0 Å². The second-order valence-corrected chi connectivity index (χ2v) is 3.86. The molecule has 0 unspecified atom stereocenters. The Labute approximate surface area is 68.2 Å². The number of alkyl halides is 4. The molecule has 0 spiro atoms. The molecule has 0 N–H and O–H groups in total. The summed E-state index contributed by atoms with van der Waals surface area (Å²) in [5, 5.41) is 0. The van der Waals surface area contributed by atoms with Crippen LogP contribution in [-0.4, -0.2) is 22.1 Å². The maximum atomic E-state index is 4.83. The third-order valence-corrected chi connectivity index (χ3v) is 0. The predicted octanol–water partition coefficient (Wildman–Crippen LogP) is 2.17. The molecule has 1 radical (unpaired) electrons. The summed E-state index contributed by atoms with van der Waals surface area (Å²) in [6, 6.07) is 0. The Balaban J connectivity index is 0. The van der Waals surface area contributed by atoms with Gasteiger partial charge in [-0.2, -0.15) is 0 Å². The van der Waals surface area contributed by atoms with E-state index in [0.717, 1.165) is 0 Å². The molecular formula is CCl4Li. The van der Waals surface area contributed by atoms with E-state index in [2.05, 4.69) is 0 Å². The van der Waals surface area contributed by atoms with E-state index in [1.54, 1.807) is 0 Å². The topological polar surface area (TPSA) is 0 Å². The fraction of sp³-hybridized carbons (Fsp3) is 1.00. The Kier molecular flexibility index (Phi) is 6.63. The van der Waals surface area contributed by atoms with Crippen molar-refractivity contribution in [2.45, 2.75) is 3.25 Å². The summed E-state index contributed by atoms with van der Waals surface area (Å²) >= 11 is 19.3. The second kappa shape index (κ2) is 3.72. The second-order valence-electron chi connectivity index (χ2n) is 0.429. The van der Waals surface area contributed by atoms with Crippen LogP contribution < -0.4 is 0 Å². The zero-order chi connectivity index (χ0) is 4.50. The minimum atomic E-state index is -1.61. The predicted molar refractivity (Wildman–Crippen MR) is 31.9 cm³/mol. The maximum Gasteiger partial charge on any atom is 0.266 e. The quantitative estimate of drug-likeness (QED) is 0.377. The zero-order valence-electron chi connectivity index (χ0n) is 3.01. The van der Waals surface area contributed by atoms with E-state index in [1.165, 1.54) is 0 Å². The molecule has 0 atom stereocenters. The van der Waals surface area contributed by atoms with Gasteiger partial charge in [0.2, 0.25) is 0 Å². The van der Waals surface area contributed by atoms with Gasteiger partial charge in [-0.25, -0.2) is 0 Å². The minimum absolute atomic E-state index is 0. The molecule has 5 heteroatoms. The van der Waals surface area contributed by atoms with E-state index in [4.69, 9.17) is 46.4 Å². The van der Waals surface area contributed by atoms with E-state index >= 15 is 0 Å². The minimum Gasteiger partial charge on any atom is -0.0664 e. The molecule has 0 aromatic heterocycles. The maximum absolute atomic E-state index is 4.83. The molecule has 0 saturated carbocycles. The van der Waals surface area contributed by atoms with Gasteiger partial charge in [-0.05, 0) is 0 Å². The first-order valence-electron chi connectivity index (χ1n) is 0.756. The fourth-order valence-corrected chi connectivity index (χ4v) is 0. The van der Waals surface area contributed by atoms with Crippen molar-refractivity contribution in [3.8, 4) is 0 Å². The molecule has 0 aliphatic rings. The van der Waals surface area contributed by atoms with Crippen LogP contribution in [0, 0.1) is 0 Å². The van der Waals surface area contributed by atoms with Crippen molar-refractivity contribution in [2.75, 3.05) is 0 Å². The van der Waals surface area contributed by atoms with Gasteiger partial charge in [0.15, 0.2) is 0 Å². The summed E-state index contributed by atoms with van der Waals surface area (Å²) in [6.07, 6.45) is 0. The number of hydrogen-bond acceptors (Lipinski definition) is 0. The van der Waals surface area contributed by atoms with E-state index < -0.39 is 3.25 Å². The van der Waals surface area contributed by atoms with Gasteiger partial charge in [-0.15, -0.1) is 0 Å². The third kappa shape index (κ3) is 42.2. The van der Waals surface area contributed by atoms with Gasteiger partial charge in [0.25, 0.3) is 3.25 Å². The van der Waals surface area contributed by atoms with Crippen molar-refractivity contribution in [3.63, 3.8) is 0 Å². The van der Waals surface area contributed by atoms with Crippen LogP contribution in [0.4, 0.5) is 0 Å². The molecule has 0 aromatic rings. The third-order valence-electron chi connectivity index (χ3n) is 0. The molecule has 33 valence electrons. The monoisotopic (exact) mass is 159 g/mol. The van der Waals surface area contributed by atoms with Gasteiger partial charge in [0.1, 0.15) is 0 Å². The first-order valence-corrected chi connectivity index (χ1v) is 2.27. The Hall–Kier alpha value is 1.76. The first kappa shape index (κ1) is 10.7. The molecule has 0 heterocycles. The van der Waals surface area contributed by atoms with E-state index in [1.807, 2.05) is 0 Å². The smallest absolute Gasteiger partial charge is 0.0664 e. The summed E-state index contributed by atoms with van der Waals surface area (Å²) in [5.74, 6) is 0. The van der Waals surface area contributed by atoms with Gasteiger partial charge < -0.3 is 0 Å². The largest absolute Gasteiger partial charge is 0.266 e. The standard InChI is InChI=1S/CCl4.Li/c2-1(3,4)5;. The molecule has 0 amide bonds. The van der Waals surface area contributed by atoms with Gasteiger partial charge in [0.05, 0.1) is 0 Å². The molecule has 6 heavy (non-hydrogen) atoms. The summed E-state index contributed by atoms with van der Waals surface area (Å²) in [6.45, 7) is 0. The van der Waals surface area contributed by atoms with Gasteiger partial charge >= 0.3 is 0 Å². The van der Waals surface area contributed by atoms with Crippen molar-refractivity contribution in [1.82, 2.24) is 0 Å². The van der Waals surface area contributed by atoms with Crippen molar-refractivity contribution in [3.05, 3.63) is 0 Å². The first-order chi connectivity index (χ1) is 2.00. The Morgan fingerprint density at radius 3 is 0.833 bits per heavy atom. The zero-order valence-corrected chi connectivity index (χ0v) is 6.04. The van der Waals surface area contributed by atoms with Gasteiger partial charge in [-0.1, -0.05) is 46.4 Å². The average molecular weight is 161 g/mol. The number of rotatable bonds is 0. The van der Waals surface area contributed by atoms with Gasteiger partial charge in [-0.3, -0.25) is 0 Å². The summed E-state index contributed by atoms with van der Waals surface area (Å²) in [4.78, 5) is 0. The van der Waals surface area contributed by atoms with Crippen molar-refractivity contribution in [1.29, 1.82) is 0 Å². The molecule has 0 aliphatic carbocycles. The molecule has 0 fully saturated rings. The summed E-state index contributed by atoms with van der Waals surface area (Å²) in [7, 11) is 0. The molecule has 0 rings (SSSR count). The summed E-state index contributed by atoms with van der Waals surface area (Å²) in [5.41, 5.74) is 0. The molecule has 0 saturated heterocycles. The molecule has 0 nitrogen and oxygen atoms in total. The van der Waals surface area contributed by atoms with Gasteiger partial charge in [0, 0.05) is 18.9 Å². The van der Waals surface area contributed by atoms with E-state index in [-0.39, 0.29) is 18.9 Å². The van der Waals surface area contributed by atoms with Crippen LogP contribution in [-0.2, 0) is 0 Å². The van der Waals surface area contributed by atoms with Crippen molar-refractivity contribution < 1.29 is 0 Å². The summed E-state index contributed by atoms with van der Waals surface area (Å²) < 4.78 is -1.61. The van der Waals surface area contributed by atoms with Crippen LogP contribution in [0.1, 0.15) is 0 Å². The molecule has 0 aliphatic heterocycles. The Morgan fingerprint density at radius 1 is 0.833 bits per heavy atom. The van der Waals surface area contributed by atoms with Crippen molar-refractivity contribution in [2.24, 2.45) is 0 Å². The fourth-order valence-electron chi connectivity index (χ4n) is 0. The van der Waals surface area contributed by atoms with Crippen LogP contribution in [0.3, 0.4) is 0 Å². The van der Waals surface area contributed by atoms with Crippen LogP contribution in [0.15, 0.2) is 0 Å². The SMILES string of the molecule is ClC(Cl)(Cl)Cl.[Li]. The normalized spacial score (nSPS) is 10.0.